The first kappa shape index (κ1) is 15.3. The predicted molar refractivity (Wildman–Crippen MR) is 83.7 cm³/mol. The van der Waals surface area contributed by atoms with Crippen molar-refractivity contribution in [1.29, 1.82) is 0 Å². The molecule has 0 aliphatic rings. The minimum atomic E-state index is -3.69. The molecule has 0 spiro atoms. The van der Waals surface area contributed by atoms with E-state index in [-0.39, 0.29) is 10.0 Å². The summed E-state index contributed by atoms with van der Waals surface area (Å²) in [5.74, 6) is 0. The average molecular weight is 376 g/mol. The number of hydrogen-bond acceptors (Lipinski definition) is 3. The summed E-state index contributed by atoms with van der Waals surface area (Å²) in [4.78, 5) is 3.88. The van der Waals surface area contributed by atoms with E-state index in [1.165, 1.54) is 12.3 Å². The highest BCUT2D eigenvalue weighted by Gasteiger charge is 2.17. The zero-order chi connectivity index (χ0) is 14.9. The first-order chi connectivity index (χ1) is 9.29. The molecule has 0 aliphatic carbocycles. The van der Waals surface area contributed by atoms with Crippen LogP contribution in [-0.2, 0) is 10.0 Å². The molecule has 7 heteroatoms. The molecule has 20 heavy (non-hydrogen) atoms. The molecule has 1 heterocycles. The number of hydrogen-bond donors (Lipinski definition) is 1. The van der Waals surface area contributed by atoms with E-state index in [1.807, 2.05) is 26.0 Å². The van der Waals surface area contributed by atoms with E-state index < -0.39 is 10.0 Å². The molecule has 0 saturated carbocycles. The van der Waals surface area contributed by atoms with Gasteiger partial charge in [0, 0.05) is 6.20 Å². The van der Waals surface area contributed by atoms with Crippen molar-refractivity contribution in [2.75, 3.05) is 4.72 Å². The normalized spacial score (nSPS) is 11.4. The summed E-state index contributed by atoms with van der Waals surface area (Å²) < 4.78 is 27.6. The zero-order valence-corrected chi connectivity index (χ0v) is 14.0. The maximum Gasteiger partial charge on any atom is 0.263 e. The number of nitrogens with zero attached hydrogens (tertiary/aromatic N) is 1. The lowest BCUT2D eigenvalue weighted by Gasteiger charge is -2.11. The zero-order valence-electron chi connectivity index (χ0n) is 10.8. The molecule has 0 amide bonds. The Morgan fingerprint density at radius 1 is 1.25 bits per heavy atom. The lowest BCUT2D eigenvalue weighted by Crippen LogP contribution is -2.14. The molecule has 0 radical (unpaired) electrons. The molecule has 106 valence electrons. The van der Waals surface area contributed by atoms with Crippen LogP contribution in [0.15, 0.2) is 39.8 Å². The highest BCUT2D eigenvalue weighted by molar-refractivity contribution is 9.10. The molecule has 2 rings (SSSR count). The third-order valence-electron chi connectivity index (χ3n) is 2.72. The lowest BCUT2D eigenvalue weighted by atomic mass is 10.1. The van der Waals surface area contributed by atoms with Crippen LogP contribution in [0.5, 0.6) is 0 Å². The molecule has 2 aromatic rings. The van der Waals surface area contributed by atoms with Crippen molar-refractivity contribution in [3.8, 4) is 0 Å². The molecule has 0 aliphatic heterocycles. The van der Waals surface area contributed by atoms with E-state index >= 15 is 0 Å². The van der Waals surface area contributed by atoms with E-state index in [0.717, 1.165) is 11.1 Å². The summed E-state index contributed by atoms with van der Waals surface area (Å²) in [6, 6.07) is 6.99. The van der Waals surface area contributed by atoms with E-state index in [2.05, 4.69) is 25.6 Å². The van der Waals surface area contributed by atoms with Gasteiger partial charge in [-0.05, 0) is 53.0 Å². The van der Waals surface area contributed by atoms with Crippen molar-refractivity contribution >= 4 is 43.2 Å². The van der Waals surface area contributed by atoms with Crippen LogP contribution in [0, 0.1) is 13.8 Å². The van der Waals surface area contributed by atoms with Crippen LogP contribution in [0.4, 0.5) is 5.69 Å². The molecule has 0 fully saturated rings. The van der Waals surface area contributed by atoms with E-state index in [1.54, 1.807) is 6.07 Å². The highest BCUT2D eigenvalue weighted by Crippen LogP contribution is 2.25. The second-order valence-corrected chi connectivity index (χ2v) is 7.26. The van der Waals surface area contributed by atoms with Gasteiger partial charge >= 0.3 is 0 Å². The molecule has 0 atom stereocenters. The Labute approximate surface area is 131 Å². The number of aromatic nitrogens is 1. The summed E-state index contributed by atoms with van der Waals surface area (Å²) in [5.41, 5.74) is 2.37. The number of nitrogens with one attached hydrogen (secondary N) is 1. The standard InChI is InChI=1S/C13H12BrClN2O2S/c1-8-3-4-9(2)12(5-8)17-20(18,19)10-6-11(14)13(15)16-7-10/h3-7,17H,1-2H3. The van der Waals surface area contributed by atoms with E-state index in [9.17, 15) is 8.42 Å². The Bertz CT molecular complexity index is 763. The molecule has 4 nitrogen and oxygen atoms in total. The summed E-state index contributed by atoms with van der Waals surface area (Å²) in [7, 11) is -3.69. The lowest BCUT2D eigenvalue weighted by molar-refractivity contribution is 0.600. The number of rotatable bonds is 3. The number of benzene rings is 1. The van der Waals surface area contributed by atoms with Gasteiger partial charge in [-0.15, -0.1) is 0 Å². The molecule has 1 aromatic carbocycles. The monoisotopic (exact) mass is 374 g/mol. The van der Waals surface area contributed by atoms with Gasteiger partial charge in [-0.3, -0.25) is 4.72 Å². The van der Waals surface area contributed by atoms with Crippen LogP contribution in [0.2, 0.25) is 5.15 Å². The summed E-state index contributed by atoms with van der Waals surface area (Å²) in [5, 5.41) is 0.218. The van der Waals surface area contributed by atoms with Crippen molar-refractivity contribution in [3.63, 3.8) is 0 Å². The average Bonchev–Trinajstić information content (AvgIpc) is 2.36. The summed E-state index contributed by atoms with van der Waals surface area (Å²) >= 11 is 8.93. The third-order valence-corrected chi connectivity index (χ3v) is 5.19. The molecule has 1 N–H and O–H groups in total. The fourth-order valence-electron chi connectivity index (χ4n) is 1.60. The Hall–Kier alpha value is -1.11. The minimum absolute atomic E-state index is 0.0506. The maximum absolute atomic E-state index is 12.3. The van der Waals surface area contributed by atoms with Crippen molar-refractivity contribution in [3.05, 3.63) is 51.2 Å². The van der Waals surface area contributed by atoms with Gasteiger partial charge in [0.25, 0.3) is 10.0 Å². The van der Waals surface area contributed by atoms with Gasteiger partial charge in [0.2, 0.25) is 0 Å². The van der Waals surface area contributed by atoms with Crippen LogP contribution in [-0.4, -0.2) is 13.4 Å². The predicted octanol–water partition coefficient (Wildman–Crippen LogP) is 3.92. The Morgan fingerprint density at radius 3 is 2.60 bits per heavy atom. The topological polar surface area (TPSA) is 59.1 Å². The van der Waals surface area contributed by atoms with E-state index in [4.69, 9.17) is 11.6 Å². The number of halogens is 2. The first-order valence-corrected chi connectivity index (χ1v) is 8.36. The Morgan fingerprint density at radius 2 is 1.95 bits per heavy atom. The minimum Gasteiger partial charge on any atom is -0.279 e. The Kier molecular flexibility index (Phi) is 4.36. The van der Waals surface area contributed by atoms with Gasteiger partial charge < -0.3 is 0 Å². The van der Waals surface area contributed by atoms with Gasteiger partial charge in [0.05, 0.1) is 10.2 Å². The molecule has 0 unspecified atom stereocenters. The number of anilines is 1. The highest BCUT2D eigenvalue weighted by atomic mass is 79.9. The van der Waals surface area contributed by atoms with Crippen molar-refractivity contribution in [1.82, 2.24) is 4.98 Å². The van der Waals surface area contributed by atoms with E-state index in [0.29, 0.717) is 10.2 Å². The quantitative estimate of drug-likeness (QED) is 0.827. The first-order valence-electron chi connectivity index (χ1n) is 5.71. The van der Waals surface area contributed by atoms with Crippen LogP contribution in [0.25, 0.3) is 0 Å². The number of pyridine rings is 1. The fraction of sp³-hybridized carbons (Fsp3) is 0.154. The number of aryl methyl sites for hydroxylation is 2. The molecular formula is C13H12BrClN2O2S. The fourth-order valence-corrected chi connectivity index (χ4v) is 3.30. The molecule has 0 saturated heterocycles. The SMILES string of the molecule is Cc1ccc(C)c(NS(=O)(=O)c2cnc(Cl)c(Br)c2)c1. The summed E-state index contributed by atoms with van der Waals surface area (Å²) in [6.07, 6.45) is 1.22. The largest absolute Gasteiger partial charge is 0.279 e. The molecule has 1 aromatic heterocycles. The smallest absolute Gasteiger partial charge is 0.263 e. The molecular weight excluding hydrogens is 364 g/mol. The van der Waals surface area contributed by atoms with Crippen molar-refractivity contribution < 1.29 is 8.42 Å². The second-order valence-electron chi connectivity index (χ2n) is 4.37. The van der Waals surface area contributed by atoms with Gasteiger partial charge in [0.15, 0.2) is 0 Å². The van der Waals surface area contributed by atoms with Crippen molar-refractivity contribution in [2.24, 2.45) is 0 Å². The van der Waals surface area contributed by atoms with Crippen molar-refractivity contribution in [2.45, 2.75) is 18.7 Å². The third kappa shape index (κ3) is 3.31. The van der Waals surface area contributed by atoms with Gasteiger partial charge in [0.1, 0.15) is 10.0 Å². The molecule has 0 bridgehead atoms. The summed E-state index contributed by atoms with van der Waals surface area (Å²) in [6.45, 7) is 3.74. The second kappa shape index (κ2) is 5.71. The van der Waals surface area contributed by atoms with Crippen LogP contribution >= 0.6 is 27.5 Å². The van der Waals surface area contributed by atoms with Gasteiger partial charge in [-0.2, -0.15) is 0 Å². The van der Waals surface area contributed by atoms with Gasteiger partial charge in [-0.1, -0.05) is 23.7 Å². The van der Waals surface area contributed by atoms with Gasteiger partial charge in [-0.25, -0.2) is 13.4 Å². The number of sulfonamides is 1. The Balaban J connectivity index is 2.40. The van der Waals surface area contributed by atoms with Crippen LogP contribution in [0.3, 0.4) is 0 Å². The van der Waals surface area contributed by atoms with Crippen LogP contribution < -0.4 is 4.72 Å². The maximum atomic E-state index is 12.3. The van der Waals surface area contributed by atoms with Crippen LogP contribution in [0.1, 0.15) is 11.1 Å².